The number of hydrogen-bond acceptors (Lipinski definition) is 6. The van der Waals surface area contributed by atoms with Crippen molar-refractivity contribution < 1.29 is 28.6 Å². The highest BCUT2D eigenvalue weighted by molar-refractivity contribution is 6.46. The molecule has 0 radical (unpaired) electrons. The van der Waals surface area contributed by atoms with E-state index in [0.717, 1.165) is 23.9 Å². The van der Waals surface area contributed by atoms with Gasteiger partial charge in [0.15, 0.2) is 0 Å². The fourth-order valence-electron chi connectivity index (χ4n) is 4.86. The van der Waals surface area contributed by atoms with Crippen molar-refractivity contribution >= 4 is 28.2 Å². The molecule has 3 aromatic carbocycles. The Morgan fingerprint density at radius 2 is 1.78 bits per heavy atom. The molecular weight excluding hydrogens is 463 g/mol. The molecule has 0 aliphatic carbocycles. The van der Waals surface area contributed by atoms with Crippen LogP contribution in [0.1, 0.15) is 17.2 Å². The predicted octanol–water partition coefficient (Wildman–Crippen LogP) is 3.74. The number of aliphatic hydroxyl groups is 1. The van der Waals surface area contributed by atoms with E-state index in [4.69, 9.17) is 9.47 Å². The molecule has 186 valence electrons. The molecule has 5 rings (SSSR count). The SMILES string of the molecule is COc1ccc2cc(/C(O)=C3\C(=O)C(=O)N(CCN4CCOCC4)C3c3cccc(F)c3)ccc2c1. The quantitative estimate of drug-likeness (QED) is 0.322. The van der Waals surface area contributed by atoms with Gasteiger partial charge in [0.05, 0.1) is 31.9 Å². The smallest absolute Gasteiger partial charge is 0.295 e. The van der Waals surface area contributed by atoms with Crippen LogP contribution in [-0.2, 0) is 14.3 Å². The van der Waals surface area contributed by atoms with Gasteiger partial charge in [-0.2, -0.15) is 0 Å². The molecule has 2 fully saturated rings. The van der Waals surface area contributed by atoms with E-state index in [1.54, 1.807) is 25.3 Å². The molecule has 1 N–H and O–H groups in total. The minimum Gasteiger partial charge on any atom is -0.507 e. The lowest BCUT2D eigenvalue weighted by Gasteiger charge is -2.31. The maximum Gasteiger partial charge on any atom is 0.295 e. The van der Waals surface area contributed by atoms with E-state index in [1.165, 1.54) is 23.1 Å². The zero-order chi connectivity index (χ0) is 25.2. The molecule has 2 saturated heterocycles. The number of fused-ring (bicyclic) bond motifs is 1. The summed E-state index contributed by atoms with van der Waals surface area (Å²) in [7, 11) is 1.59. The number of likely N-dealkylation sites (tertiary alicyclic amines) is 1. The number of ketones is 1. The Morgan fingerprint density at radius 3 is 2.53 bits per heavy atom. The average Bonchev–Trinajstić information content (AvgIpc) is 3.16. The average molecular weight is 491 g/mol. The number of halogens is 1. The number of benzene rings is 3. The molecule has 0 saturated carbocycles. The van der Waals surface area contributed by atoms with Crippen molar-refractivity contribution in [3.63, 3.8) is 0 Å². The van der Waals surface area contributed by atoms with Crippen LogP contribution >= 0.6 is 0 Å². The minimum absolute atomic E-state index is 0.0413. The van der Waals surface area contributed by atoms with Crippen LogP contribution < -0.4 is 4.74 Å². The zero-order valence-electron chi connectivity index (χ0n) is 19.9. The molecule has 7 nitrogen and oxygen atoms in total. The van der Waals surface area contributed by atoms with Gasteiger partial charge in [-0.25, -0.2) is 4.39 Å². The van der Waals surface area contributed by atoms with Crippen molar-refractivity contribution in [2.75, 3.05) is 46.5 Å². The van der Waals surface area contributed by atoms with Crippen molar-refractivity contribution in [3.8, 4) is 5.75 Å². The van der Waals surface area contributed by atoms with Crippen molar-refractivity contribution in [1.29, 1.82) is 0 Å². The van der Waals surface area contributed by atoms with Gasteiger partial charge in [-0.05, 0) is 46.7 Å². The van der Waals surface area contributed by atoms with Gasteiger partial charge in [-0.3, -0.25) is 14.5 Å². The molecule has 3 aromatic rings. The Morgan fingerprint density at radius 1 is 1.03 bits per heavy atom. The van der Waals surface area contributed by atoms with Crippen LogP contribution in [0.25, 0.3) is 16.5 Å². The number of morpholine rings is 1. The van der Waals surface area contributed by atoms with Gasteiger partial charge in [-0.15, -0.1) is 0 Å². The highest BCUT2D eigenvalue weighted by atomic mass is 19.1. The standard InChI is InChI=1S/C28H27FN2O5/c1-35-23-8-7-18-15-21(6-5-19(18)17-23)26(32)24-25(20-3-2-4-22(29)16-20)31(28(34)27(24)33)10-9-30-11-13-36-14-12-30/h2-8,15-17,25,32H,9-14H2,1H3/b26-24+. The van der Waals surface area contributed by atoms with Crippen LogP contribution in [0.4, 0.5) is 4.39 Å². The molecular formula is C28H27FN2O5. The number of Topliss-reactive ketones (excluding diaryl/α,β-unsaturated/α-hetero) is 1. The number of aliphatic hydroxyl groups excluding tert-OH is 1. The van der Waals surface area contributed by atoms with E-state index >= 15 is 0 Å². The highest BCUT2D eigenvalue weighted by Gasteiger charge is 2.46. The molecule has 0 aromatic heterocycles. The molecule has 2 heterocycles. The number of hydrogen-bond donors (Lipinski definition) is 1. The van der Waals surface area contributed by atoms with Gasteiger partial charge < -0.3 is 19.5 Å². The van der Waals surface area contributed by atoms with E-state index in [1.807, 2.05) is 24.3 Å². The van der Waals surface area contributed by atoms with Gasteiger partial charge in [0, 0.05) is 31.7 Å². The van der Waals surface area contributed by atoms with Gasteiger partial charge in [0.1, 0.15) is 17.3 Å². The molecule has 2 aliphatic rings. The van der Waals surface area contributed by atoms with Gasteiger partial charge >= 0.3 is 0 Å². The van der Waals surface area contributed by atoms with Crippen LogP contribution in [0.3, 0.4) is 0 Å². The Hall–Kier alpha value is -3.75. The van der Waals surface area contributed by atoms with Crippen LogP contribution in [0.5, 0.6) is 5.75 Å². The van der Waals surface area contributed by atoms with E-state index in [-0.39, 0.29) is 17.9 Å². The number of nitrogens with zero attached hydrogens (tertiary/aromatic N) is 2. The summed E-state index contributed by atoms with van der Waals surface area (Å²) in [6.07, 6.45) is 0. The second-order valence-electron chi connectivity index (χ2n) is 8.93. The van der Waals surface area contributed by atoms with E-state index < -0.39 is 23.5 Å². The van der Waals surface area contributed by atoms with E-state index in [2.05, 4.69) is 4.90 Å². The second kappa shape index (κ2) is 10.1. The normalized spacial score (nSPS) is 20.3. The summed E-state index contributed by atoms with van der Waals surface area (Å²) in [6.45, 7) is 3.49. The lowest BCUT2D eigenvalue weighted by atomic mass is 9.94. The van der Waals surface area contributed by atoms with E-state index in [9.17, 15) is 19.1 Å². The summed E-state index contributed by atoms with van der Waals surface area (Å²) in [6, 6.07) is 15.7. The Labute approximate surface area is 208 Å². The summed E-state index contributed by atoms with van der Waals surface area (Å²) in [5.74, 6) is -1.54. The van der Waals surface area contributed by atoms with Crippen molar-refractivity contribution in [2.45, 2.75) is 6.04 Å². The number of amides is 1. The summed E-state index contributed by atoms with van der Waals surface area (Å²) in [4.78, 5) is 30.0. The molecule has 1 amide bonds. The van der Waals surface area contributed by atoms with Crippen LogP contribution in [0.15, 0.2) is 66.2 Å². The molecule has 2 aliphatic heterocycles. The molecule has 1 unspecified atom stereocenters. The van der Waals surface area contributed by atoms with Crippen LogP contribution in [0, 0.1) is 5.82 Å². The lowest BCUT2D eigenvalue weighted by Crippen LogP contribution is -2.42. The zero-order valence-corrected chi connectivity index (χ0v) is 19.9. The minimum atomic E-state index is -0.895. The first-order chi connectivity index (χ1) is 17.5. The van der Waals surface area contributed by atoms with Crippen molar-refractivity contribution in [1.82, 2.24) is 9.80 Å². The topological polar surface area (TPSA) is 79.3 Å². The molecule has 36 heavy (non-hydrogen) atoms. The largest absolute Gasteiger partial charge is 0.507 e. The lowest BCUT2D eigenvalue weighted by molar-refractivity contribution is -0.140. The van der Waals surface area contributed by atoms with Crippen LogP contribution in [0.2, 0.25) is 0 Å². The van der Waals surface area contributed by atoms with Gasteiger partial charge in [-0.1, -0.05) is 30.3 Å². The van der Waals surface area contributed by atoms with Crippen molar-refractivity contribution in [2.24, 2.45) is 0 Å². The third-order valence-corrected chi connectivity index (χ3v) is 6.79. The number of carbonyl (C=O) groups excluding carboxylic acids is 2. The third-order valence-electron chi connectivity index (χ3n) is 6.79. The Balaban J connectivity index is 1.56. The molecule has 8 heteroatoms. The summed E-state index contributed by atoms with van der Waals surface area (Å²) in [5, 5.41) is 13.1. The Kier molecular flexibility index (Phi) is 6.71. The maximum atomic E-state index is 14.2. The van der Waals surface area contributed by atoms with Gasteiger partial charge in [0.25, 0.3) is 11.7 Å². The highest BCUT2D eigenvalue weighted by Crippen LogP contribution is 2.40. The number of ether oxygens (including phenoxy) is 2. The summed E-state index contributed by atoms with van der Waals surface area (Å²) < 4.78 is 24.9. The third kappa shape index (κ3) is 4.57. The predicted molar refractivity (Wildman–Crippen MR) is 133 cm³/mol. The summed E-state index contributed by atoms with van der Waals surface area (Å²) >= 11 is 0. The second-order valence-corrected chi connectivity index (χ2v) is 8.93. The number of rotatable bonds is 6. The first kappa shape index (κ1) is 24.0. The monoisotopic (exact) mass is 490 g/mol. The first-order valence-corrected chi connectivity index (χ1v) is 11.9. The fourth-order valence-corrected chi connectivity index (χ4v) is 4.86. The summed E-state index contributed by atoms with van der Waals surface area (Å²) in [5.41, 5.74) is 0.795. The fraction of sp³-hybridized carbons (Fsp3) is 0.286. The number of methoxy groups -OCH3 is 1. The van der Waals surface area contributed by atoms with Crippen LogP contribution in [-0.4, -0.2) is 73.1 Å². The molecule has 1 atom stereocenters. The maximum absolute atomic E-state index is 14.2. The number of carbonyl (C=O) groups is 2. The van der Waals surface area contributed by atoms with E-state index in [0.29, 0.717) is 36.6 Å². The molecule has 0 spiro atoms. The van der Waals surface area contributed by atoms with Gasteiger partial charge in [0.2, 0.25) is 0 Å². The van der Waals surface area contributed by atoms with Crippen molar-refractivity contribution in [3.05, 3.63) is 83.2 Å². The molecule has 0 bridgehead atoms. The first-order valence-electron chi connectivity index (χ1n) is 11.9. The Bertz CT molecular complexity index is 1350.